The summed E-state index contributed by atoms with van der Waals surface area (Å²) < 4.78 is 1.51. The summed E-state index contributed by atoms with van der Waals surface area (Å²) in [5, 5.41) is 8.26. The molecule has 1 aromatic heterocycles. The number of nitrogens with zero attached hydrogens (tertiary/aromatic N) is 3. The number of aryl methyl sites for hydroxylation is 1. The highest BCUT2D eigenvalue weighted by Gasteiger charge is 2.27. The minimum atomic E-state index is -0.319. The second-order valence-electron chi connectivity index (χ2n) is 6.82. The molecule has 1 heterocycles. The molecule has 5 heteroatoms. The molecule has 0 aliphatic carbocycles. The predicted octanol–water partition coefficient (Wildman–Crippen LogP) is 4.10. The van der Waals surface area contributed by atoms with Gasteiger partial charge in [0.05, 0.1) is 6.54 Å². The third-order valence-corrected chi connectivity index (χ3v) is 4.65. The molecule has 5 nitrogen and oxygen atoms in total. The van der Waals surface area contributed by atoms with E-state index >= 15 is 0 Å². The van der Waals surface area contributed by atoms with Crippen LogP contribution >= 0.6 is 0 Å². The molecule has 0 saturated heterocycles. The monoisotopic (exact) mass is 381 g/mol. The Balaban J connectivity index is 1.80. The SMILES string of the molecule is Cc1cccc(Cn2nnc(C(=O)c3ccccc3)c2C(=O)c2ccccc2)c1. The molecule has 0 bridgehead atoms. The molecule has 4 aromatic rings. The Kier molecular flexibility index (Phi) is 5.12. The molecule has 0 saturated carbocycles. The Morgan fingerprint density at radius 1 is 0.793 bits per heavy atom. The smallest absolute Gasteiger partial charge is 0.215 e. The molecular weight excluding hydrogens is 362 g/mol. The lowest BCUT2D eigenvalue weighted by Gasteiger charge is -2.08. The van der Waals surface area contributed by atoms with Gasteiger partial charge in [0, 0.05) is 11.1 Å². The molecule has 0 amide bonds. The van der Waals surface area contributed by atoms with Gasteiger partial charge < -0.3 is 0 Å². The molecule has 0 radical (unpaired) electrons. The van der Waals surface area contributed by atoms with E-state index in [1.54, 1.807) is 48.5 Å². The van der Waals surface area contributed by atoms with Gasteiger partial charge in [0.15, 0.2) is 5.69 Å². The molecule has 0 aliphatic heterocycles. The van der Waals surface area contributed by atoms with Gasteiger partial charge in [-0.15, -0.1) is 5.10 Å². The first-order chi connectivity index (χ1) is 14.1. The van der Waals surface area contributed by atoms with E-state index < -0.39 is 0 Å². The Hall–Kier alpha value is -3.86. The van der Waals surface area contributed by atoms with Crippen LogP contribution in [0.15, 0.2) is 84.9 Å². The van der Waals surface area contributed by atoms with Gasteiger partial charge in [-0.05, 0) is 12.5 Å². The van der Waals surface area contributed by atoms with Gasteiger partial charge >= 0.3 is 0 Å². The topological polar surface area (TPSA) is 64.8 Å². The number of carbonyl (C=O) groups excluding carboxylic acids is 2. The average molecular weight is 381 g/mol. The number of hydrogen-bond acceptors (Lipinski definition) is 4. The van der Waals surface area contributed by atoms with Crippen molar-refractivity contribution in [2.45, 2.75) is 13.5 Å². The first-order valence-corrected chi connectivity index (χ1v) is 9.32. The summed E-state index contributed by atoms with van der Waals surface area (Å²) in [7, 11) is 0. The minimum absolute atomic E-state index is 0.0673. The van der Waals surface area contributed by atoms with Crippen LogP contribution in [0.4, 0.5) is 0 Å². The van der Waals surface area contributed by atoms with E-state index in [-0.39, 0.29) is 23.0 Å². The van der Waals surface area contributed by atoms with Crippen molar-refractivity contribution in [2.75, 3.05) is 0 Å². The summed E-state index contributed by atoms with van der Waals surface area (Å²) in [4.78, 5) is 26.3. The Morgan fingerprint density at radius 2 is 1.41 bits per heavy atom. The van der Waals surface area contributed by atoms with Crippen LogP contribution in [0.5, 0.6) is 0 Å². The van der Waals surface area contributed by atoms with Crippen molar-refractivity contribution in [3.8, 4) is 0 Å². The molecule has 0 fully saturated rings. The second-order valence-corrected chi connectivity index (χ2v) is 6.82. The largest absolute Gasteiger partial charge is 0.287 e. The van der Waals surface area contributed by atoms with E-state index in [1.807, 2.05) is 43.3 Å². The van der Waals surface area contributed by atoms with Crippen LogP contribution in [0, 0.1) is 6.92 Å². The zero-order valence-electron chi connectivity index (χ0n) is 15.9. The lowest BCUT2D eigenvalue weighted by molar-refractivity contribution is 0.0995. The lowest BCUT2D eigenvalue weighted by atomic mass is 10.0. The van der Waals surface area contributed by atoms with Crippen molar-refractivity contribution < 1.29 is 9.59 Å². The van der Waals surface area contributed by atoms with Crippen molar-refractivity contribution in [1.29, 1.82) is 0 Å². The number of aromatic nitrogens is 3. The normalized spacial score (nSPS) is 10.7. The van der Waals surface area contributed by atoms with Crippen LogP contribution in [0.3, 0.4) is 0 Å². The fourth-order valence-corrected chi connectivity index (χ4v) is 3.24. The highest BCUT2D eigenvalue weighted by atomic mass is 16.1. The van der Waals surface area contributed by atoms with Crippen LogP contribution in [0.2, 0.25) is 0 Å². The van der Waals surface area contributed by atoms with Gasteiger partial charge in [0.1, 0.15) is 5.69 Å². The Labute approximate surface area is 168 Å². The summed E-state index contributed by atoms with van der Waals surface area (Å²) in [6.45, 7) is 2.36. The molecular formula is C24H19N3O2. The summed E-state index contributed by atoms with van der Waals surface area (Å²) in [6.07, 6.45) is 0. The minimum Gasteiger partial charge on any atom is -0.287 e. The summed E-state index contributed by atoms with van der Waals surface area (Å²) in [6, 6.07) is 25.6. The van der Waals surface area contributed by atoms with E-state index in [0.717, 1.165) is 11.1 Å². The molecule has 3 aromatic carbocycles. The first kappa shape index (κ1) is 18.5. The van der Waals surface area contributed by atoms with Crippen LogP contribution < -0.4 is 0 Å². The molecule has 0 atom stereocenters. The van der Waals surface area contributed by atoms with Crippen LogP contribution in [-0.4, -0.2) is 26.6 Å². The number of benzene rings is 3. The number of rotatable bonds is 6. The zero-order valence-corrected chi connectivity index (χ0v) is 15.9. The van der Waals surface area contributed by atoms with Crippen LogP contribution in [0.25, 0.3) is 0 Å². The molecule has 142 valence electrons. The Bertz CT molecular complexity index is 1170. The fraction of sp³-hybridized carbons (Fsp3) is 0.0833. The molecule has 0 unspecified atom stereocenters. The third-order valence-electron chi connectivity index (χ3n) is 4.65. The third kappa shape index (κ3) is 3.89. The number of hydrogen-bond donors (Lipinski definition) is 0. The number of carbonyl (C=O) groups is 2. The van der Waals surface area contributed by atoms with E-state index in [2.05, 4.69) is 10.3 Å². The highest BCUT2D eigenvalue weighted by molar-refractivity contribution is 6.17. The van der Waals surface area contributed by atoms with E-state index in [9.17, 15) is 9.59 Å². The maximum Gasteiger partial charge on any atom is 0.215 e. The highest BCUT2D eigenvalue weighted by Crippen LogP contribution is 2.18. The standard InChI is InChI=1S/C24H19N3O2/c1-17-9-8-10-18(15-17)16-27-22(24(29)20-13-6-3-7-14-20)21(25-26-27)23(28)19-11-4-2-5-12-19/h2-15H,16H2,1H3. The second kappa shape index (κ2) is 8.02. The van der Waals surface area contributed by atoms with Gasteiger partial charge in [-0.2, -0.15) is 0 Å². The van der Waals surface area contributed by atoms with E-state index in [4.69, 9.17) is 0 Å². The predicted molar refractivity (Wildman–Crippen MR) is 110 cm³/mol. The van der Waals surface area contributed by atoms with Gasteiger partial charge in [0.2, 0.25) is 11.6 Å². The zero-order chi connectivity index (χ0) is 20.2. The lowest BCUT2D eigenvalue weighted by Crippen LogP contribution is -2.16. The van der Waals surface area contributed by atoms with Crippen molar-refractivity contribution in [1.82, 2.24) is 15.0 Å². The summed E-state index contributed by atoms with van der Waals surface area (Å²) in [5.74, 6) is -0.595. The van der Waals surface area contributed by atoms with E-state index in [1.165, 1.54) is 4.68 Å². The van der Waals surface area contributed by atoms with Gasteiger partial charge in [-0.25, -0.2) is 4.68 Å². The Morgan fingerprint density at radius 3 is 2.03 bits per heavy atom. The molecule has 4 rings (SSSR count). The van der Waals surface area contributed by atoms with Crippen molar-refractivity contribution in [3.05, 3.63) is 119 Å². The maximum atomic E-state index is 13.3. The van der Waals surface area contributed by atoms with Crippen molar-refractivity contribution in [2.24, 2.45) is 0 Å². The first-order valence-electron chi connectivity index (χ1n) is 9.32. The van der Waals surface area contributed by atoms with Gasteiger partial charge in [-0.3, -0.25) is 9.59 Å². The van der Waals surface area contributed by atoms with E-state index in [0.29, 0.717) is 17.7 Å². The fourth-order valence-electron chi connectivity index (χ4n) is 3.24. The summed E-state index contributed by atoms with van der Waals surface area (Å²) in [5.41, 5.74) is 3.32. The van der Waals surface area contributed by atoms with Crippen LogP contribution in [-0.2, 0) is 6.54 Å². The van der Waals surface area contributed by atoms with Crippen molar-refractivity contribution in [3.63, 3.8) is 0 Å². The number of ketones is 2. The maximum absolute atomic E-state index is 13.3. The molecule has 29 heavy (non-hydrogen) atoms. The van der Waals surface area contributed by atoms with Crippen LogP contribution in [0.1, 0.15) is 43.2 Å². The van der Waals surface area contributed by atoms with Crippen molar-refractivity contribution >= 4 is 11.6 Å². The molecule has 0 aliphatic rings. The quantitative estimate of drug-likeness (QED) is 0.472. The van der Waals surface area contributed by atoms with Gasteiger partial charge in [-0.1, -0.05) is 95.7 Å². The molecule has 0 N–H and O–H groups in total. The molecule has 0 spiro atoms. The average Bonchev–Trinajstić information content (AvgIpc) is 3.17. The summed E-state index contributed by atoms with van der Waals surface area (Å²) >= 11 is 0. The van der Waals surface area contributed by atoms with Gasteiger partial charge in [0.25, 0.3) is 0 Å².